The van der Waals surface area contributed by atoms with Crippen LogP contribution in [0.5, 0.6) is 0 Å². The summed E-state index contributed by atoms with van der Waals surface area (Å²) in [6.45, 7) is -0.00911. The Morgan fingerprint density at radius 1 is 1.29 bits per heavy atom. The Hall–Kier alpha value is -1.01. The lowest BCUT2D eigenvalue weighted by atomic mass is 9.85. The van der Waals surface area contributed by atoms with Crippen LogP contribution in [-0.4, -0.2) is 36.3 Å². The zero-order valence-electron chi connectivity index (χ0n) is 13.4. The first-order chi connectivity index (χ1) is 10.9. The third-order valence-corrected chi connectivity index (χ3v) is 4.76. The molecule has 8 heteroatoms. The Balaban J connectivity index is 0.00000288. The lowest BCUT2D eigenvalue weighted by Gasteiger charge is -2.29. The molecule has 0 aromatic heterocycles. The maximum atomic E-state index is 12.4. The Bertz CT molecular complexity index is 598. The molecule has 1 saturated carbocycles. The average molecular weight is 395 g/mol. The predicted octanol–water partition coefficient (Wildman–Crippen LogP) is 3.33. The first-order valence-electron chi connectivity index (χ1n) is 7.62. The number of carbonyl (C=O) groups is 2. The quantitative estimate of drug-likeness (QED) is 0.822. The van der Waals surface area contributed by atoms with Crippen LogP contribution in [0.15, 0.2) is 18.2 Å². The molecule has 1 aromatic carbocycles. The van der Waals surface area contributed by atoms with Gasteiger partial charge in [0.1, 0.15) is 0 Å². The average Bonchev–Trinajstić information content (AvgIpc) is 2.50. The largest absolute Gasteiger partial charge is 0.336 e. The fourth-order valence-corrected chi connectivity index (χ4v) is 3.13. The Kier molecular flexibility index (Phi) is 8.30. The molecule has 0 heterocycles. The normalized spacial score (nSPS) is 20.0. The summed E-state index contributed by atoms with van der Waals surface area (Å²) in [6.07, 6.45) is 3.45. The molecule has 2 rings (SSSR count). The molecule has 0 bridgehead atoms. The number of nitrogens with zero attached hydrogens (tertiary/aromatic N) is 1. The van der Waals surface area contributed by atoms with Crippen LogP contribution in [0.4, 0.5) is 5.69 Å². The van der Waals surface area contributed by atoms with Gasteiger partial charge in [0.15, 0.2) is 0 Å². The summed E-state index contributed by atoms with van der Waals surface area (Å²) in [5.74, 6) is -0.384. The minimum absolute atomic E-state index is 0. The second-order valence-electron chi connectivity index (χ2n) is 5.99. The van der Waals surface area contributed by atoms with Crippen LogP contribution in [0.1, 0.15) is 25.7 Å². The Labute approximate surface area is 158 Å². The van der Waals surface area contributed by atoms with Crippen molar-refractivity contribution >= 4 is 53.1 Å². The number of hydrogen-bond donors (Lipinski definition) is 2. The number of nitrogens with two attached hydrogens (primary N) is 1. The molecule has 0 aliphatic heterocycles. The maximum absolute atomic E-state index is 12.4. The minimum atomic E-state index is -0.278. The van der Waals surface area contributed by atoms with E-state index in [2.05, 4.69) is 5.32 Å². The molecule has 0 radical (unpaired) electrons. The second kappa shape index (κ2) is 9.47. The van der Waals surface area contributed by atoms with E-state index in [4.69, 9.17) is 28.9 Å². The summed E-state index contributed by atoms with van der Waals surface area (Å²) in [5.41, 5.74) is 6.47. The fourth-order valence-electron chi connectivity index (χ4n) is 2.83. The Morgan fingerprint density at radius 2 is 2.00 bits per heavy atom. The van der Waals surface area contributed by atoms with Crippen molar-refractivity contribution in [3.05, 3.63) is 28.2 Å². The molecule has 0 spiro atoms. The van der Waals surface area contributed by atoms with Crippen molar-refractivity contribution in [2.24, 2.45) is 11.7 Å². The van der Waals surface area contributed by atoms with Gasteiger partial charge in [0.2, 0.25) is 11.8 Å². The van der Waals surface area contributed by atoms with Gasteiger partial charge in [0.25, 0.3) is 0 Å². The summed E-state index contributed by atoms with van der Waals surface area (Å²) in [4.78, 5) is 25.9. The molecule has 2 atom stereocenters. The van der Waals surface area contributed by atoms with Crippen LogP contribution >= 0.6 is 35.6 Å². The highest BCUT2D eigenvalue weighted by Gasteiger charge is 2.28. The fraction of sp³-hybridized carbons (Fsp3) is 0.500. The molecule has 5 nitrogen and oxygen atoms in total. The summed E-state index contributed by atoms with van der Waals surface area (Å²) in [5, 5.41) is 3.49. The molecule has 1 aliphatic carbocycles. The van der Waals surface area contributed by atoms with Gasteiger partial charge in [-0.2, -0.15) is 0 Å². The lowest BCUT2D eigenvalue weighted by molar-refractivity contribution is -0.138. The van der Waals surface area contributed by atoms with Crippen LogP contribution < -0.4 is 11.1 Å². The van der Waals surface area contributed by atoms with Crippen molar-refractivity contribution in [2.75, 3.05) is 18.9 Å². The van der Waals surface area contributed by atoms with E-state index in [-0.39, 0.29) is 42.7 Å². The number of benzene rings is 1. The molecule has 1 aliphatic rings. The highest BCUT2D eigenvalue weighted by molar-refractivity contribution is 6.42. The molecule has 24 heavy (non-hydrogen) atoms. The SMILES string of the molecule is CN(CC(=O)Nc1ccc(Cl)c(Cl)c1)C(=O)C1CCCC(N)C1.Cl. The number of anilines is 1. The van der Waals surface area contributed by atoms with Crippen molar-refractivity contribution in [1.82, 2.24) is 4.90 Å². The molecular weight excluding hydrogens is 373 g/mol. The second-order valence-corrected chi connectivity index (χ2v) is 6.81. The standard InChI is InChI=1S/C16H21Cl2N3O2.ClH/c1-21(16(23)10-3-2-4-11(19)7-10)9-15(22)20-12-5-6-13(17)14(18)8-12;/h5-6,8,10-11H,2-4,7,9,19H2,1H3,(H,20,22);1H. The van der Waals surface area contributed by atoms with Gasteiger partial charge in [-0.3, -0.25) is 9.59 Å². The highest BCUT2D eigenvalue weighted by atomic mass is 35.5. The number of nitrogens with one attached hydrogen (secondary N) is 1. The van der Waals surface area contributed by atoms with Crippen LogP contribution in [0, 0.1) is 5.92 Å². The molecule has 134 valence electrons. The maximum Gasteiger partial charge on any atom is 0.243 e. The first-order valence-corrected chi connectivity index (χ1v) is 8.38. The monoisotopic (exact) mass is 393 g/mol. The van der Waals surface area contributed by atoms with Crippen LogP contribution in [0.2, 0.25) is 10.0 Å². The van der Waals surface area contributed by atoms with E-state index in [0.717, 1.165) is 19.3 Å². The third-order valence-electron chi connectivity index (χ3n) is 4.02. The summed E-state index contributed by atoms with van der Waals surface area (Å²) in [6, 6.07) is 4.92. The van der Waals surface area contributed by atoms with E-state index in [9.17, 15) is 9.59 Å². The zero-order chi connectivity index (χ0) is 17.0. The van der Waals surface area contributed by atoms with Crippen molar-refractivity contribution in [3.8, 4) is 0 Å². The summed E-state index contributed by atoms with van der Waals surface area (Å²) >= 11 is 11.7. The molecular formula is C16H22Cl3N3O2. The molecule has 3 N–H and O–H groups in total. The summed E-state index contributed by atoms with van der Waals surface area (Å²) in [7, 11) is 1.64. The lowest BCUT2D eigenvalue weighted by Crippen LogP contribution is -2.41. The highest BCUT2D eigenvalue weighted by Crippen LogP contribution is 2.26. The number of halogens is 3. The molecule has 1 fully saturated rings. The van der Waals surface area contributed by atoms with Gasteiger partial charge < -0.3 is 16.0 Å². The van der Waals surface area contributed by atoms with E-state index in [1.54, 1.807) is 25.2 Å². The number of likely N-dealkylation sites (N-methyl/N-ethyl adjacent to an activating group) is 1. The summed E-state index contributed by atoms with van der Waals surface area (Å²) < 4.78 is 0. The van der Waals surface area contributed by atoms with Gasteiger partial charge in [-0.15, -0.1) is 12.4 Å². The third kappa shape index (κ3) is 5.81. The topological polar surface area (TPSA) is 75.4 Å². The van der Waals surface area contributed by atoms with E-state index in [1.807, 2.05) is 0 Å². The van der Waals surface area contributed by atoms with Gasteiger partial charge in [-0.05, 0) is 37.5 Å². The first kappa shape index (κ1) is 21.0. The number of hydrogen-bond acceptors (Lipinski definition) is 3. The van der Waals surface area contributed by atoms with Crippen LogP contribution in [0.3, 0.4) is 0 Å². The zero-order valence-corrected chi connectivity index (χ0v) is 15.8. The molecule has 0 saturated heterocycles. The number of carbonyl (C=O) groups excluding carboxylic acids is 2. The molecule has 2 unspecified atom stereocenters. The predicted molar refractivity (Wildman–Crippen MR) is 99.9 cm³/mol. The molecule has 2 amide bonds. The van der Waals surface area contributed by atoms with Crippen LogP contribution in [0.25, 0.3) is 0 Å². The minimum Gasteiger partial charge on any atom is -0.336 e. The Morgan fingerprint density at radius 3 is 2.62 bits per heavy atom. The van der Waals surface area contributed by atoms with E-state index in [0.29, 0.717) is 22.2 Å². The van der Waals surface area contributed by atoms with Crippen molar-refractivity contribution in [2.45, 2.75) is 31.7 Å². The van der Waals surface area contributed by atoms with Gasteiger partial charge >= 0.3 is 0 Å². The number of rotatable bonds is 4. The van der Waals surface area contributed by atoms with E-state index >= 15 is 0 Å². The van der Waals surface area contributed by atoms with Crippen molar-refractivity contribution in [3.63, 3.8) is 0 Å². The molecule has 1 aromatic rings. The van der Waals surface area contributed by atoms with Crippen LogP contribution in [-0.2, 0) is 9.59 Å². The van der Waals surface area contributed by atoms with Crippen molar-refractivity contribution < 1.29 is 9.59 Å². The van der Waals surface area contributed by atoms with Gasteiger partial charge in [-0.1, -0.05) is 29.6 Å². The van der Waals surface area contributed by atoms with Gasteiger partial charge in [0, 0.05) is 24.7 Å². The van der Waals surface area contributed by atoms with E-state index < -0.39 is 0 Å². The van der Waals surface area contributed by atoms with Gasteiger partial charge in [0.05, 0.1) is 16.6 Å². The number of amides is 2. The van der Waals surface area contributed by atoms with Gasteiger partial charge in [-0.25, -0.2) is 0 Å². The van der Waals surface area contributed by atoms with Crippen molar-refractivity contribution in [1.29, 1.82) is 0 Å². The smallest absolute Gasteiger partial charge is 0.243 e. The van der Waals surface area contributed by atoms with E-state index in [1.165, 1.54) is 4.90 Å².